The first-order valence-electron chi connectivity index (χ1n) is 9.94. The Morgan fingerprint density at radius 1 is 1.11 bits per heavy atom. The highest BCUT2D eigenvalue weighted by Gasteiger charge is 2.34. The van der Waals surface area contributed by atoms with Crippen molar-refractivity contribution in [2.75, 3.05) is 14.2 Å². The third-order valence-corrected chi connectivity index (χ3v) is 5.97. The Balaban J connectivity index is 1.44. The van der Waals surface area contributed by atoms with E-state index in [1.807, 2.05) is 6.08 Å². The number of methoxy groups -OCH3 is 1. The van der Waals surface area contributed by atoms with Crippen LogP contribution in [-0.4, -0.2) is 54.8 Å². The van der Waals surface area contributed by atoms with Crippen LogP contribution in [0, 0.1) is 11.8 Å². The average molecular weight is 367 g/mol. The molecule has 5 atom stereocenters. The molecule has 0 saturated heterocycles. The average Bonchev–Trinajstić information content (AvgIpc) is 3.22. The van der Waals surface area contributed by atoms with Gasteiger partial charge in [0, 0.05) is 30.1 Å². The van der Waals surface area contributed by atoms with Crippen LogP contribution in [0.3, 0.4) is 0 Å². The Morgan fingerprint density at radius 2 is 1.93 bits per heavy atom. The lowest BCUT2D eigenvalue weighted by molar-refractivity contribution is 0.338. The molecule has 5 nitrogen and oxygen atoms in total. The maximum absolute atomic E-state index is 5.26. The molecular formula is C22H30N4O. The smallest absolute Gasteiger partial charge is 0.208 e. The molecule has 0 bridgehead atoms. The van der Waals surface area contributed by atoms with Crippen molar-refractivity contribution >= 4 is 11.6 Å². The topological polar surface area (TPSA) is 49.2 Å². The van der Waals surface area contributed by atoms with Crippen LogP contribution in [-0.2, 0) is 4.74 Å². The molecule has 0 aromatic carbocycles. The zero-order valence-corrected chi connectivity index (χ0v) is 16.9. The number of dihydropyridines is 2. The van der Waals surface area contributed by atoms with E-state index in [-0.39, 0.29) is 18.1 Å². The fourth-order valence-electron chi connectivity index (χ4n) is 4.43. The predicted octanol–water partition coefficient (Wildman–Crippen LogP) is 3.08. The van der Waals surface area contributed by atoms with E-state index in [2.05, 4.69) is 73.4 Å². The number of allylic oxidation sites excluding steroid dienone is 3. The van der Waals surface area contributed by atoms with Crippen molar-refractivity contribution < 1.29 is 4.74 Å². The molecule has 4 aliphatic heterocycles. The maximum atomic E-state index is 5.26. The lowest BCUT2D eigenvalue weighted by atomic mass is 9.97. The highest BCUT2D eigenvalue weighted by Crippen LogP contribution is 2.32. The van der Waals surface area contributed by atoms with Crippen LogP contribution in [0.4, 0.5) is 0 Å². The molecule has 0 aromatic rings. The van der Waals surface area contributed by atoms with Crippen LogP contribution in [0.1, 0.15) is 27.2 Å². The van der Waals surface area contributed by atoms with E-state index in [0.717, 1.165) is 6.42 Å². The summed E-state index contributed by atoms with van der Waals surface area (Å²) in [6, 6.07) is 1.01. The van der Waals surface area contributed by atoms with Crippen molar-refractivity contribution in [1.82, 2.24) is 10.2 Å². The van der Waals surface area contributed by atoms with Crippen LogP contribution < -0.4 is 5.32 Å². The molecule has 0 saturated carbocycles. The number of ether oxygens (including phenoxy) is 1. The first-order chi connectivity index (χ1) is 13.0. The third kappa shape index (κ3) is 3.35. The van der Waals surface area contributed by atoms with E-state index < -0.39 is 0 Å². The van der Waals surface area contributed by atoms with Gasteiger partial charge in [-0.1, -0.05) is 32.9 Å². The first-order valence-corrected chi connectivity index (χ1v) is 9.94. The Hall–Kier alpha value is -2.30. The molecule has 0 amide bonds. The molecule has 0 aliphatic carbocycles. The SMILES string of the molecule is COC1=NC2C=C(C(C)CC3=NC4C=C(C(C)C)N(C)C4C=C3)NC2C=C1. The predicted molar refractivity (Wildman–Crippen MR) is 111 cm³/mol. The minimum absolute atomic E-state index is 0.135. The standard InChI is InChI=1S/C22H30N4O/c1-13(2)21-12-19-20(26(21)4)8-6-15(23-19)10-14(3)17-11-18-16(24-17)7-9-22(25-18)27-5/h6-9,11-14,16,18-20,24H,10H2,1-5H3. The molecule has 4 heterocycles. The summed E-state index contributed by atoms with van der Waals surface area (Å²) in [5.41, 5.74) is 3.85. The molecule has 0 fully saturated rings. The van der Waals surface area contributed by atoms with Crippen LogP contribution in [0.2, 0.25) is 0 Å². The van der Waals surface area contributed by atoms with Gasteiger partial charge in [0.25, 0.3) is 0 Å². The molecule has 27 heavy (non-hydrogen) atoms. The highest BCUT2D eigenvalue weighted by molar-refractivity contribution is 5.96. The van der Waals surface area contributed by atoms with Gasteiger partial charge in [0.05, 0.1) is 31.3 Å². The van der Waals surface area contributed by atoms with Gasteiger partial charge in [0.15, 0.2) is 0 Å². The lowest BCUT2D eigenvalue weighted by Crippen LogP contribution is -2.35. The maximum Gasteiger partial charge on any atom is 0.208 e. The summed E-state index contributed by atoms with van der Waals surface area (Å²) in [5.74, 6) is 1.62. The molecule has 4 aliphatic rings. The molecule has 4 rings (SSSR count). The van der Waals surface area contributed by atoms with Gasteiger partial charge in [-0.3, -0.25) is 4.99 Å². The number of likely N-dealkylation sites (N-methyl/N-ethyl adjacent to an activating group) is 1. The van der Waals surface area contributed by atoms with Gasteiger partial charge < -0.3 is 15.0 Å². The number of hydrogen-bond donors (Lipinski definition) is 1. The minimum atomic E-state index is 0.135. The largest absolute Gasteiger partial charge is 0.481 e. The quantitative estimate of drug-likeness (QED) is 0.832. The number of hydrogen-bond acceptors (Lipinski definition) is 5. The fraction of sp³-hybridized carbons (Fsp3) is 0.545. The Bertz CT molecular complexity index is 786. The fourth-order valence-corrected chi connectivity index (χ4v) is 4.43. The van der Waals surface area contributed by atoms with Gasteiger partial charge in [0.1, 0.15) is 0 Å². The van der Waals surface area contributed by atoms with Gasteiger partial charge in [-0.05, 0) is 36.6 Å². The number of rotatable bonds is 4. The summed E-state index contributed by atoms with van der Waals surface area (Å²) in [6.07, 6.45) is 14.2. The first kappa shape index (κ1) is 18.1. The summed E-state index contributed by atoms with van der Waals surface area (Å²) in [5, 5.41) is 3.61. The van der Waals surface area contributed by atoms with Crippen molar-refractivity contribution in [3.8, 4) is 0 Å². The number of nitrogens with one attached hydrogen (secondary N) is 1. The molecule has 5 heteroatoms. The zero-order valence-electron chi connectivity index (χ0n) is 16.9. The van der Waals surface area contributed by atoms with Gasteiger partial charge in [-0.25, -0.2) is 4.99 Å². The van der Waals surface area contributed by atoms with Gasteiger partial charge in [0.2, 0.25) is 5.90 Å². The molecule has 0 aromatic heterocycles. The summed E-state index contributed by atoms with van der Waals surface area (Å²) in [7, 11) is 3.85. The second-order valence-corrected chi connectivity index (χ2v) is 8.24. The third-order valence-electron chi connectivity index (χ3n) is 5.97. The molecule has 5 unspecified atom stereocenters. The van der Waals surface area contributed by atoms with Gasteiger partial charge in [-0.2, -0.15) is 0 Å². The Kier molecular flexibility index (Phi) is 4.70. The van der Waals surface area contributed by atoms with E-state index in [1.165, 1.54) is 17.1 Å². The zero-order chi connectivity index (χ0) is 19.1. The molecular weight excluding hydrogens is 336 g/mol. The monoisotopic (exact) mass is 366 g/mol. The Morgan fingerprint density at radius 3 is 2.67 bits per heavy atom. The van der Waals surface area contributed by atoms with E-state index in [0.29, 0.717) is 23.8 Å². The molecule has 1 N–H and O–H groups in total. The normalized spacial score (nSPS) is 32.3. The van der Waals surface area contributed by atoms with Crippen LogP contribution in [0.25, 0.3) is 0 Å². The number of fused-ring (bicyclic) bond motifs is 2. The van der Waals surface area contributed by atoms with Crippen LogP contribution in [0.15, 0.2) is 57.8 Å². The summed E-state index contributed by atoms with van der Waals surface area (Å²) >= 11 is 0. The molecule has 0 radical (unpaired) electrons. The van der Waals surface area contributed by atoms with Crippen molar-refractivity contribution in [1.29, 1.82) is 0 Å². The van der Waals surface area contributed by atoms with Crippen molar-refractivity contribution in [3.05, 3.63) is 47.9 Å². The van der Waals surface area contributed by atoms with Crippen LogP contribution in [0.5, 0.6) is 0 Å². The second kappa shape index (κ2) is 7.02. The van der Waals surface area contributed by atoms with Crippen molar-refractivity contribution in [2.45, 2.75) is 51.4 Å². The van der Waals surface area contributed by atoms with Crippen LogP contribution >= 0.6 is 0 Å². The van der Waals surface area contributed by atoms with E-state index in [9.17, 15) is 0 Å². The van der Waals surface area contributed by atoms with E-state index in [4.69, 9.17) is 9.73 Å². The molecule has 0 spiro atoms. The highest BCUT2D eigenvalue weighted by atomic mass is 16.5. The minimum Gasteiger partial charge on any atom is -0.481 e. The Labute approximate surface area is 162 Å². The number of nitrogens with zero attached hydrogens (tertiary/aromatic N) is 3. The summed E-state index contributed by atoms with van der Waals surface area (Å²) < 4.78 is 5.26. The van der Waals surface area contributed by atoms with Gasteiger partial charge >= 0.3 is 0 Å². The number of aliphatic imine (C=N–C) groups is 2. The van der Waals surface area contributed by atoms with E-state index >= 15 is 0 Å². The van der Waals surface area contributed by atoms with Crippen molar-refractivity contribution in [2.24, 2.45) is 21.8 Å². The van der Waals surface area contributed by atoms with Gasteiger partial charge in [-0.15, -0.1) is 0 Å². The summed E-state index contributed by atoms with van der Waals surface area (Å²) in [4.78, 5) is 12.1. The summed E-state index contributed by atoms with van der Waals surface area (Å²) in [6.45, 7) is 6.76. The van der Waals surface area contributed by atoms with Crippen molar-refractivity contribution in [3.63, 3.8) is 0 Å². The van der Waals surface area contributed by atoms with E-state index in [1.54, 1.807) is 7.11 Å². The second-order valence-electron chi connectivity index (χ2n) is 8.24. The lowest BCUT2D eigenvalue weighted by Gasteiger charge is -2.29. The molecule has 144 valence electrons.